The van der Waals surface area contributed by atoms with Gasteiger partial charge < -0.3 is 0 Å². The summed E-state index contributed by atoms with van der Waals surface area (Å²) in [6, 6.07) is 21.1. The van der Waals surface area contributed by atoms with Gasteiger partial charge in [0.15, 0.2) is 0 Å². The van der Waals surface area contributed by atoms with Crippen molar-refractivity contribution in [1.82, 2.24) is 4.98 Å². The van der Waals surface area contributed by atoms with E-state index in [2.05, 4.69) is 60.9 Å². The Labute approximate surface area is 117 Å². The Morgan fingerprint density at radius 2 is 1.68 bits per heavy atom. The van der Waals surface area contributed by atoms with E-state index in [1.807, 2.05) is 6.07 Å². The molecule has 0 N–H and O–H groups in total. The highest BCUT2D eigenvalue weighted by Gasteiger charge is 2.06. The van der Waals surface area contributed by atoms with Crippen LogP contribution in [0.4, 0.5) is 0 Å². The Balaban J connectivity index is 2.06. The van der Waals surface area contributed by atoms with Gasteiger partial charge in [0.1, 0.15) is 0 Å². The topological polar surface area (TPSA) is 12.9 Å². The van der Waals surface area contributed by atoms with E-state index in [9.17, 15) is 0 Å². The molecule has 0 spiro atoms. The Kier molecular flexibility index (Phi) is 3.51. The summed E-state index contributed by atoms with van der Waals surface area (Å²) in [6.45, 7) is 0. The van der Waals surface area contributed by atoms with Crippen LogP contribution in [0, 0.1) is 0 Å². The molecule has 0 atom stereocenters. The fourth-order valence-electron chi connectivity index (χ4n) is 2.26. The number of hydrogen-bond acceptors (Lipinski definition) is 2. The molecule has 2 heteroatoms. The van der Waals surface area contributed by atoms with Crippen LogP contribution < -0.4 is 0 Å². The molecule has 0 radical (unpaired) electrons. The molecule has 3 rings (SSSR count). The van der Waals surface area contributed by atoms with Gasteiger partial charge in [-0.3, -0.25) is 0 Å². The van der Waals surface area contributed by atoms with E-state index in [4.69, 9.17) is 4.98 Å². The van der Waals surface area contributed by atoms with E-state index in [1.165, 1.54) is 16.5 Å². The van der Waals surface area contributed by atoms with Crippen LogP contribution in [0.15, 0.2) is 65.7 Å². The number of thioether (sulfide) groups is 1. The predicted octanol–water partition coefficient (Wildman–Crippen LogP) is 4.55. The van der Waals surface area contributed by atoms with Crippen molar-refractivity contribution in [3.05, 3.63) is 71.8 Å². The Hall–Kier alpha value is -1.80. The average Bonchev–Trinajstić information content (AvgIpc) is 2.47. The minimum absolute atomic E-state index is 0.939. The molecule has 1 aromatic heterocycles. The summed E-state index contributed by atoms with van der Waals surface area (Å²) in [6.07, 6.45) is 3.03. The van der Waals surface area contributed by atoms with Gasteiger partial charge in [0.2, 0.25) is 0 Å². The van der Waals surface area contributed by atoms with Crippen LogP contribution in [0.3, 0.4) is 0 Å². The fourth-order valence-corrected chi connectivity index (χ4v) is 2.84. The largest absolute Gasteiger partial charge is 0.241 e. The molecule has 19 heavy (non-hydrogen) atoms. The molecule has 94 valence electrons. The molecule has 0 unspecified atom stereocenters. The average molecular weight is 265 g/mol. The first kappa shape index (κ1) is 12.2. The van der Waals surface area contributed by atoms with E-state index in [-0.39, 0.29) is 0 Å². The van der Waals surface area contributed by atoms with Gasteiger partial charge in [-0.1, -0.05) is 48.5 Å². The molecule has 0 amide bonds. The summed E-state index contributed by atoms with van der Waals surface area (Å²) in [5.41, 5.74) is 3.70. The van der Waals surface area contributed by atoms with Gasteiger partial charge in [-0.15, -0.1) is 11.8 Å². The first-order valence-corrected chi connectivity index (χ1v) is 7.56. The van der Waals surface area contributed by atoms with E-state index in [0.29, 0.717) is 0 Å². The zero-order chi connectivity index (χ0) is 13.1. The number of benzene rings is 2. The maximum atomic E-state index is 4.75. The third kappa shape index (κ3) is 2.64. The molecule has 0 saturated carbocycles. The fraction of sp³-hybridized carbons (Fsp3) is 0.118. The number of aromatic nitrogens is 1. The highest BCUT2D eigenvalue weighted by atomic mass is 32.2. The summed E-state index contributed by atoms with van der Waals surface area (Å²) < 4.78 is 0. The maximum Gasteiger partial charge on any atom is 0.1000 e. The van der Waals surface area contributed by atoms with Crippen molar-refractivity contribution in [3.63, 3.8) is 0 Å². The summed E-state index contributed by atoms with van der Waals surface area (Å²) in [5.74, 6) is 0. The third-order valence-electron chi connectivity index (χ3n) is 3.19. The first-order chi connectivity index (χ1) is 9.36. The van der Waals surface area contributed by atoms with Crippen molar-refractivity contribution in [2.45, 2.75) is 11.4 Å². The summed E-state index contributed by atoms with van der Waals surface area (Å²) in [7, 11) is 0. The van der Waals surface area contributed by atoms with Crippen LogP contribution in [0.5, 0.6) is 0 Å². The number of para-hydroxylation sites is 1. The second kappa shape index (κ2) is 5.45. The molecule has 1 nitrogen and oxygen atoms in total. The highest BCUT2D eigenvalue weighted by Crippen LogP contribution is 2.25. The molecule has 0 aliphatic carbocycles. The lowest BCUT2D eigenvalue weighted by Gasteiger charge is -2.09. The molecular weight excluding hydrogens is 250 g/mol. The van der Waals surface area contributed by atoms with Crippen LogP contribution in [0.25, 0.3) is 10.9 Å². The van der Waals surface area contributed by atoms with Crippen molar-refractivity contribution in [2.75, 3.05) is 6.26 Å². The normalized spacial score (nSPS) is 10.8. The van der Waals surface area contributed by atoms with Crippen LogP contribution >= 0.6 is 11.8 Å². The van der Waals surface area contributed by atoms with Gasteiger partial charge in [-0.2, -0.15) is 0 Å². The number of rotatable bonds is 3. The standard InChI is InChI=1S/C17H15NS/c1-19-17-15(11-13-7-3-2-4-8-13)12-14-9-5-6-10-16(14)18-17/h2-10,12H,11H2,1H3. The second-order valence-corrected chi connectivity index (χ2v) is 5.31. The molecule has 1 heterocycles. The maximum absolute atomic E-state index is 4.75. The summed E-state index contributed by atoms with van der Waals surface area (Å²) >= 11 is 1.72. The number of pyridine rings is 1. The summed E-state index contributed by atoms with van der Waals surface area (Å²) in [4.78, 5) is 4.75. The predicted molar refractivity (Wildman–Crippen MR) is 82.8 cm³/mol. The zero-order valence-corrected chi connectivity index (χ0v) is 11.7. The van der Waals surface area contributed by atoms with Crippen molar-refractivity contribution in [2.24, 2.45) is 0 Å². The molecule has 0 saturated heterocycles. The molecule has 0 bridgehead atoms. The first-order valence-electron chi connectivity index (χ1n) is 6.33. The Bertz CT molecular complexity index is 692. The molecular formula is C17H15NS. The molecule has 3 aromatic rings. The van der Waals surface area contributed by atoms with Gasteiger partial charge in [0.25, 0.3) is 0 Å². The van der Waals surface area contributed by atoms with Crippen molar-refractivity contribution >= 4 is 22.7 Å². The van der Waals surface area contributed by atoms with Gasteiger partial charge in [-0.25, -0.2) is 4.98 Å². The number of nitrogens with zero attached hydrogens (tertiary/aromatic N) is 1. The smallest absolute Gasteiger partial charge is 0.1000 e. The van der Waals surface area contributed by atoms with E-state index in [1.54, 1.807) is 11.8 Å². The second-order valence-electron chi connectivity index (χ2n) is 4.51. The molecule has 0 aliphatic rings. The van der Waals surface area contributed by atoms with Gasteiger partial charge in [0, 0.05) is 11.8 Å². The summed E-state index contributed by atoms with van der Waals surface area (Å²) in [5, 5.41) is 2.34. The lowest BCUT2D eigenvalue weighted by Crippen LogP contribution is -1.94. The van der Waals surface area contributed by atoms with Gasteiger partial charge >= 0.3 is 0 Å². The zero-order valence-electron chi connectivity index (χ0n) is 10.8. The third-order valence-corrected chi connectivity index (χ3v) is 3.93. The monoisotopic (exact) mass is 265 g/mol. The lowest BCUT2D eigenvalue weighted by atomic mass is 10.0. The number of fused-ring (bicyclic) bond motifs is 1. The van der Waals surface area contributed by atoms with E-state index < -0.39 is 0 Å². The molecule has 2 aromatic carbocycles. The quantitative estimate of drug-likeness (QED) is 0.644. The van der Waals surface area contributed by atoms with Gasteiger partial charge in [0.05, 0.1) is 10.5 Å². The van der Waals surface area contributed by atoms with Crippen molar-refractivity contribution < 1.29 is 0 Å². The van der Waals surface area contributed by atoms with Crippen LogP contribution in [0.2, 0.25) is 0 Å². The number of hydrogen-bond donors (Lipinski definition) is 0. The minimum atomic E-state index is 0.939. The van der Waals surface area contributed by atoms with E-state index >= 15 is 0 Å². The van der Waals surface area contributed by atoms with Crippen LogP contribution in [-0.2, 0) is 6.42 Å². The molecule has 0 aliphatic heterocycles. The Morgan fingerprint density at radius 3 is 2.47 bits per heavy atom. The van der Waals surface area contributed by atoms with Gasteiger partial charge in [-0.05, 0) is 29.5 Å². The lowest BCUT2D eigenvalue weighted by molar-refractivity contribution is 1.05. The Morgan fingerprint density at radius 1 is 0.947 bits per heavy atom. The van der Waals surface area contributed by atoms with Crippen LogP contribution in [0.1, 0.15) is 11.1 Å². The van der Waals surface area contributed by atoms with E-state index in [0.717, 1.165) is 17.0 Å². The minimum Gasteiger partial charge on any atom is -0.241 e. The SMILES string of the molecule is CSc1nc2ccccc2cc1Cc1ccccc1. The molecule has 0 fully saturated rings. The van der Waals surface area contributed by atoms with Crippen molar-refractivity contribution in [1.29, 1.82) is 0 Å². The highest BCUT2D eigenvalue weighted by molar-refractivity contribution is 7.98. The van der Waals surface area contributed by atoms with Crippen molar-refractivity contribution in [3.8, 4) is 0 Å². The van der Waals surface area contributed by atoms with Crippen LogP contribution in [-0.4, -0.2) is 11.2 Å².